The average molecular weight is 260 g/mol. The minimum absolute atomic E-state index is 0.114. The van der Waals surface area contributed by atoms with Gasteiger partial charge in [0, 0.05) is 12.2 Å². The fourth-order valence-corrected chi connectivity index (χ4v) is 1.58. The monoisotopic (exact) mass is 260 g/mol. The zero-order valence-corrected chi connectivity index (χ0v) is 10.9. The fourth-order valence-electron chi connectivity index (χ4n) is 1.58. The van der Waals surface area contributed by atoms with Gasteiger partial charge in [0.1, 0.15) is 11.5 Å². The van der Waals surface area contributed by atoms with Gasteiger partial charge in [-0.1, -0.05) is 6.92 Å². The number of nitrogens with one attached hydrogen (secondary N) is 1. The zero-order valence-electron chi connectivity index (χ0n) is 10.9. The molecule has 0 radical (unpaired) electrons. The molecule has 2 heterocycles. The van der Waals surface area contributed by atoms with Crippen molar-refractivity contribution in [3.63, 3.8) is 0 Å². The first-order valence-electron chi connectivity index (χ1n) is 5.99. The Bertz CT molecular complexity index is 592. The lowest BCUT2D eigenvalue weighted by Gasteiger charge is -2.04. The number of nitrogens with zero attached hydrogens (tertiary/aromatic N) is 4. The second kappa shape index (κ2) is 5.47. The summed E-state index contributed by atoms with van der Waals surface area (Å²) < 4.78 is 7.31. The van der Waals surface area contributed by atoms with Crippen LogP contribution in [0.1, 0.15) is 24.7 Å². The molecule has 0 saturated carbocycles. The molecule has 0 fully saturated rings. The molecule has 2 aromatic heterocycles. The number of nitrogens with two attached hydrogens (primary N) is 1. The van der Waals surface area contributed by atoms with Crippen LogP contribution < -0.4 is 10.5 Å². The summed E-state index contributed by atoms with van der Waals surface area (Å²) >= 11 is 0. The van der Waals surface area contributed by atoms with Crippen LogP contribution in [0.3, 0.4) is 0 Å². The Morgan fingerprint density at radius 2 is 2.26 bits per heavy atom. The number of nitrogen functional groups attached to an aromatic ring is 1. The smallest absolute Gasteiger partial charge is 0.322 e. The maximum absolute atomic E-state index is 7.38. The van der Waals surface area contributed by atoms with Gasteiger partial charge in [-0.05, 0) is 19.4 Å². The maximum atomic E-state index is 7.38. The van der Waals surface area contributed by atoms with Gasteiger partial charge >= 0.3 is 6.01 Å². The SMILES string of the molecule is CCCn1cc(Oc2nc(C)cc(C(=N)N)n2)cn1. The average Bonchev–Trinajstić information content (AvgIpc) is 2.76. The highest BCUT2D eigenvalue weighted by Gasteiger charge is 2.08. The van der Waals surface area contributed by atoms with E-state index in [0.717, 1.165) is 13.0 Å². The lowest BCUT2D eigenvalue weighted by atomic mass is 10.3. The van der Waals surface area contributed by atoms with Crippen molar-refractivity contribution in [1.82, 2.24) is 19.7 Å². The van der Waals surface area contributed by atoms with Crippen LogP contribution in [-0.4, -0.2) is 25.6 Å². The van der Waals surface area contributed by atoms with E-state index in [9.17, 15) is 0 Å². The Morgan fingerprint density at radius 1 is 1.47 bits per heavy atom. The molecule has 2 aromatic rings. The van der Waals surface area contributed by atoms with E-state index in [4.69, 9.17) is 15.9 Å². The van der Waals surface area contributed by atoms with Gasteiger partial charge in [0.05, 0.1) is 12.4 Å². The van der Waals surface area contributed by atoms with Gasteiger partial charge in [0.15, 0.2) is 5.75 Å². The van der Waals surface area contributed by atoms with Crippen molar-refractivity contribution < 1.29 is 4.74 Å². The van der Waals surface area contributed by atoms with Crippen LogP contribution in [0.15, 0.2) is 18.5 Å². The molecule has 0 saturated heterocycles. The molecule has 2 rings (SSSR count). The molecule has 0 spiro atoms. The minimum atomic E-state index is -0.114. The highest BCUT2D eigenvalue weighted by molar-refractivity contribution is 5.93. The van der Waals surface area contributed by atoms with Crippen LogP contribution in [0.4, 0.5) is 0 Å². The number of hydrogen-bond acceptors (Lipinski definition) is 5. The van der Waals surface area contributed by atoms with E-state index in [-0.39, 0.29) is 11.8 Å². The highest BCUT2D eigenvalue weighted by atomic mass is 16.5. The summed E-state index contributed by atoms with van der Waals surface area (Å²) in [4.78, 5) is 8.21. The molecule has 0 aliphatic heterocycles. The summed E-state index contributed by atoms with van der Waals surface area (Å²) in [6.45, 7) is 4.70. The minimum Gasteiger partial charge on any atom is -0.421 e. The van der Waals surface area contributed by atoms with Crippen molar-refractivity contribution in [2.45, 2.75) is 26.8 Å². The zero-order chi connectivity index (χ0) is 13.8. The topological polar surface area (TPSA) is 103 Å². The largest absolute Gasteiger partial charge is 0.421 e. The number of amidine groups is 1. The van der Waals surface area contributed by atoms with E-state index in [1.165, 1.54) is 0 Å². The third-order valence-corrected chi connectivity index (χ3v) is 2.38. The van der Waals surface area contributed by atoms with Crippen LogP contribution in [0.25, 0.3) is 0 Å². The van der Waals surface area contributed by atoms with Gasteiger partial charge in [0.25, 0.3) is 0 Å². The Hall–Kier alpha value is -2.44. The van der Waals surface area contributed by atoms with Crippen molar-refractivity contribution in [2.24, 2.45) is 5.73 Å². The van der Waals surface area contributed by atoms with Crippen LogP contribution in [0, 0.1) is 12.3 Å². The van der Waals surface area contributed by atoms with Crippen LogP contribution in [0.2, 0.25) is 0 Å². The highest BCUT2D eigenvalue weighted by Crippen LogP contribution is 2.17. The standard InChI is InChI=1S/C12H16N6O/c1-3-4-18-7-9(6-15-18)19-12-16-8(2)5-10(17-12)11(13)14/h5-7H,3-4H2,1-2H3,(H3,13,14). The summed E-state index contributed by atoms with van der Waals surface area (Å²) in [5.74, 6) is 0.450. The number of ether oxygens (including phenoxy) is 1. The molecule has 0 bridgehead atoms. The third kappa shape index (κ3) is 3.27. The van der Waals surface area contributed by atoms with Gasteiger partial charge < -0.3 is 10.5 Å². The number of aryl methyl sites for hydroxylation is 2. The van der Waals surface area contributed by atoms with E-state index in [2.05, 4.69) is 22.0 Å². The van der Waals surface area contributed by atoms with Crippen molar-refractivity contribution in [3.05, 3.63) is 29.8 Å². The molecule has 0 aromatic carbocycles. The Kier molecular flexibility index (Phi) is 3.74. The first-order chi connectivity index (χ1) is 9.08. The van der Waals surface area contributed by atoms with Crippen LogP contribution >= 0.6 is 0 Å². The van der Waals surface area contributed by atoms with Gasteiger partial charge in [-0.15, -0.1) is 0 Å². The molecule has 0 unspecified atom stereocenters. The molecule has 7 heteroatoms. The maximum Gasteiger partial charge on any atom is 0.322 e. The summed E-state index contributed by atoms with van der Waals surface area (Å²) in [5, 5.41) is 11.5. The molecular formula is C12H16N6O. The molecule has 3 N–H and O–H groups in total. The van der Waals surface area contributed by atoms with Gasteiger partial charge in [0.2, 0.25) is 0 Å². The quantitative estimate of drug-likeness (QED) is 0.626. The number of rotatable bonds is 5. The Morgan fingerprint density at radius 3 is 2.95 bits per heavy atom. The normalized spacial score (nSPS) is 10.4. The lowest BCUT2D eigenvalue weighted by Crippen LogP contribution is -2.14. The summed E-state index contributed by atoms with van der Waals surface area (Å²) in [6, 6.07) is 1.80. The molecule has 0 aliphatic carbocycles. The van der Waals surface area contributed by atoms with E-state index >= 15 is 0 Å². The molecule has 100 valence electrons. The van der Waals surface area contributed by atoms with Crippen LogP contribution in [0.5, 0.6) is 11.8 Å². The van der Waals surface area contributed by atoms with Crippen LogP contribution in [-0.2, 0) is 6.54 Å². The number of hydrogen-bond donors (Lipinski definition) is 2. The van der Waals surface area contributed by atoms with E-state index in [1.807, 2.05) is 0 Å². The van der Waals surface area contributed by atoms with E-state index < -0.39 is 0 Å². The summed E-state index contributed by atoms with van der Waals surface area (Å²) in [7, 11) is 0. The molecule has 0 atom stereocenters. The first kappa shape index (κ1) is 13.0. The predicted octanol–water partition coefficient (Wildman–Crippen LogP) is 1.47. The molecule has 7 nitrogen and oxygen atoms in total. The predicted molar refractivity (Wildman–Crippen MR) is 70.4 cm³/mol. The van der Waals surface area contributed by atoms with Gasteiger partial charge in [-0.2, -0.15) is 10.1 Å². The Labute approximate surface area is 110 Å². The van der Waals surface area contributed by atoms with Crippen molar-refractivity contribution in [2.75, 3.05) is 0 Å². The summed E-state index contributed by atoms with van der Waals surface area (Å²) in [6.07, 6.45) is 4.38. The Balaban J connectivity index is 2.19. The fraction of sp³-hybridized carbons (Fsp3) is 0.333. The molecular weight excluding hydrogens is 244 g/mol. The van der Waals surface area contributed by atoms with Gasteiger partial charge in [-0.25, -0.2) is 4.98 Å². The molecule has 19 heavy (non-hydrogen) atoms. The third-order valence-electron chi connectivity index (χ3n) is 2.38. The van der Waals surface area contributed by atoms with Gasteiger partial charge in [-0.3, -0.25) is 10.1 Å². The second-order valence-corrected chi connectivity index (χ2v) is 4.13. The molecule has 0 amide bonds. The van der Waals surface area contributed by atoms with Crippen molar-refractivity contribution in [3.8, 4) is 11.8 Å². The first-order valence-corrected chi connectivity index (χ1v) is 5.99. The second-order valence-electron chi connectivity index (χ2n) is 4.13. The van der Waals surface area contributed by atoms with Crippen molar-refractivity contribution in [1.29, 1.82) is 5.41 Å². The van der Waals surface area contributed by atoms with E-state index in [1.54, 1.807) is 30.1 Å². The van der Waals surface area contributed by atoms with E-state index in [0.29, 0.717) is 17.1 Å². The lowest BCUT2D eigenvalue weighted by molar-refractivity contribution is 0.438. The number of aromatic nitrogens is 4. The van der Waals surface area contributed by atoms with Crippen molar-refractivity contribution >= 4 is 5.84 Å². The molecule has 0 aliphatic rings. The summed E-state index contributed by atoms with van der Waals surface area (Å²) in [5.41, 5.74) is 6.45.